The second-order valence-electron chi connectivity index (χ2n) is 12.4. The Labute approximate surface area is 259 Å². The molecule has 0 bridgehead atoms. The smallest absolute Gasteiger partial charge is 0.410 e. The van der Waals surface area contributed by atoms with Gasteiger partial charge in [0.05, 0.1) is 34.1 Å². The molecule has 0 unspecified atom stereocenters. The van der Waals surface area contributed by atoms with E-state index in [4.69, 9.17) is 23.7 Å². The van der Waals surface area contributed by atoms with Crippen LogP contribution in [0.3, 0.4) is 0 Å². The topological polar surface area (TPSA) is 119 Å². The van der Waals surface area contributed by atoms with Crippen molar-refractivity contribution in [3.05, 3.63) is 41.5 Å². The Bertz CT molecular complexity index is 1350. The molecule has 2 amide bonds. The summed E-state index contributed by atoms with van der Waals surface area (Å²) >= 11 is 0. The van der Waals surface area contributed by atoms with Crippen LogP contribution in [0.4, 0.5) is 10.5 Å². The highest BCUT2D eigenvalue weighted by Gasteiger charge is 2.47. The molecule has 44 heavy (non-hydrogen) atoms. The third kappa shape index (κ3) is 7.05. The third-order valence-corrected chi connectivity index (χ3v) is 8.30. The van der Waals surface area contributed by atoms with E-state index in [1.807, 2.05) is 64.1 Å². The van der Waals surface area contributed by atoms with Crippen LogP contribution in [0.2, 0.25) is 0 Å². The molecule has 2 heterocycles. The first-order valence-corrected chi connectivity index (χ1v) is 14.8. The summed E-state index contributed by atoms with van der Waals surface area (Å²) in [5.41, 5.74) is 1.02. The normalized spacial score (nSPS) is 19.9. The molecule has 0 aromatic heterocycles. The average molecular weight is 612 g/mol. The van der Waals surface area contributed by atoms with Crippen LogP contribution in [0.25, 0.3) is 12.2 Å². The Hall–Kier alpha value is -3.96. The molecule has 2 N–H and O–H groups in total. The number of ether oxygens (including phenoxy) is 5. The molecule has 0 spiro atoms. The van der Waals surface area contributed by atoms with Crippen molar-refractivity contribution in [2.24, 2.45) is 0 Å². The molecule has 2 aliphatic heterocycles. The van der Waals surface area contributed by atoms with Gasteiger partial charge in [-0.2, -0.15) is 5.06 Å². The zero-order valence-electron chi connectivity index (χ0n) is 26.9. The van der Waals surface area contributed by atoms with Gasteiger partial charge in [0, 0.05) is 30.5 Å². The molecule has 2 fully saturated rings. The van der Waals surface area contributed by atoms with Crippen molar-refractivity contribution in [1.82, 2.24) is 9.96 Å². The standard InChI is InChI=1S/C33H45N3O8/c1-32(2)19-23(20-33(3,4)36(32)39)44-31(38)35-15-9-10-25(35)30(37)34-24-16-21(13-14-26(24)40-5)11-12-22-17-27(41-6)29(43-8)28(18-22)42-7/h11-14,16-18,23,25,39H,9-10,15,19-20H2,1-8H3,(H,34,37)/b12-11-/t25-/m0/s1. The summed E-state index contributed by atoms with van der Waals surface area (Å²) in [6.07, 6.45) is 5.08. The van der Waals surface area contributed by atoms with Crippen LogP contribution in [0.1, 0.15) is 64.5 Å². The van der Waals surface area contributed by atoms with Crippen molar-refractivity contribution in [3.63, 3.8) is 0 Å². The van der Waals surface area contributed by atoms with Gasteiger partial charge in [0.2, 0.25) is 11.7 Å². The molecule has 1 atom stereocenters. The van der Waals surface area contributed by atoms with E-state index in [1.165, 1.54) is 17.1 Å². The van der Waals surface area contributed by atoms with E-state index in [9.17, 15) is 14.8 Å². The summed E-state index contributed by atoms with van der Waals surface area (Å²) in [6.45, 7) is 8.10. The lowest BCUT2D eigenvalue weighted by Gasteiger charge is -2.51. The molecule has 11 heteroatoms. The summed E-state index contributed by atoms with van der Waals surface area (Å²) in [4.78, 5) is 28.3. The maximum atomic E-state index is 13.5. The minimum Gasteiger partial charge on any atom is -0.495 e. The molecule has 2 aromatic rings. The third-order valence-electron chi connectivity index (χ3n) is 8.30. The Morgan fingerprint density at radius 3 is 2.02 bits per heavy atom. The zero-order chi connectivity index (χ0) is 32.2. The number of benzene rings is 2. The number of piperidine rings is 1. The largest absolute Gasteiger partial charge is 0.495 e. The number of hydrogen-bond acceptors (Lipinski definition) is 9. The van der Waals surface area contributed by atoms with Crippen LogP contribution >= 0.6 is 0 Å². The number of carbonyl (C=O) groups is 2. The van der Waals surface area contributed by atoms with Crippen molar-refractivity contribution in [1.29, 1.82) is 0 Å². The summed E-state index contributed by atoms with van der Waals surface area (Å²) < 4.78 is 27.7. The first kappa shape index (κ1) is 32.9. The van der Waals surface area contributed by atoms with Gasteiger partial charge < -0.3 is 34.2 Å². The quantitative estimate of drug-likeness (QED) is 0.337. The first-order chi connectivity index (χ1) is 20.8. The maximum Gasteiger partial charge on any atom is 0.410 e. The molecular weight excluding hydrogens is 566 g/mol. The number of carbonyl (C=O) groups excluding carboxylic acids is 2. The fourth-order valence-electron chi connectivity index (χ4n) is 6.26. The van der Waals surface area contributed by atoms with E-state index >= 15 is 0 Å². The van der Waals surface area contributed by atoms with Crippen LogP contribution in [-0.4, -0.2) is 85.4 Å². The minimum atomic E-state index is -0.676. The predicted octanol–water partition coefficient (Wildman–Crippen LogP) is 5.84. The highest BCUT2D eigenvalue weighted by atomic mass is 16.6. The van der Waals surface area contributed by atoms with E-state index < -0.39 is 23.2 Å². The summed E-state index contributed by atoms with van der Waals surface area (Å²) in [5, 5.41) is 14.9. The fourth-order valence-corrected chi connectivity index (χ4v) is 6.26. The molecular formula is C33H45N3O8. The van der Waals surface area contributed by atoms with E-state index in [0.717, 1.165) is 11.1 Å². The van der Waals surface area contributed by atoms with Crippen molar-refractivity contribution in [2.45, 2.75) is 76.6 Å². The second-order valence-corrected chi connectivity index (χ2v) is 12.4. The van der Waals surface area contributed by atoms with Crippen LogP contribution in [0, 0.1) is 0 Å². The lowest BCUT2D eigenvalue weighted by atomic mass is 9.80. The summed E-state index contributed by atoms with van der Waals surface area (Å²) in [7, 11) is 6.22. The molecule has 240 valence electrons. The molecule has 11 nitrogen and oxygen atoms in total. The molecule has 2 saturated heterocycles. The minimum absolute atomic E-state index is 0.311. The lowest BCUT2D eigenvalue weighted by molar-refractivity contribution is -0.257. The van der Waals surface area contributed by atoms with Crippen molar-refractivity contribution < 1.29 is 38.5 Å². The highest BCUT2D eigenvalue weighted by Crippen LogP contribution is 2.40. The van der Waals surface area contributed by atoms with Gasteiger partial charge in [-0.05, 0) is 75.9 Å². The summed E-state index contributed by atoms with van der Waals surface area (Å²) in [6, 6.07) is 8.48. The van der Waals surface area contributed by atoms with Gasteiger partial charge in [0.25, 0.3) is 0 Å². The second kappa shape index (κ2) is 13.4. The number of likely N-dealkylation sites (tertiary alicyclic amines) is 1. The Kier molecular flexibility index (Phi) is 10.00. The zero-order valence-corrected chi connectivity index (χ0v) is 26.9. The number of amides is 2. The average Bonchev–Trinajstić information content (AvgIpc) is 3.48. The number of rotatable bonds is 9. The van der Waals surface area contributed by atoms with Gasteiger partial charge >= 0.3 is 6.09 Å². The number of hydrogen-bond donors (Lipinski definition) is 2. The van der Waals surface area contributed by atoms with Gasteiger partial charge in [0.1, 0.15) is 17.9 Å². The van der Waals surface area contributed by atoms with Gasteiger partial charge in [0.15, 0.2) is 11.5 Å². The lowest BCUT2D eigenvalue weighted by Crippen LogP contribution is -2.61. The molecule has 4 rings (SSSR count). The number of nitrogens with zero attached hydrogens (tertiary/aromatic N) is 2. The monoisotopic (exact) mass is 611 g/mol. The van der Waals surface area contributed by atoms with E-state index in [2.05, 4.69) is 5.32 Å². The Balaban J connectivity index is 1.48. The number of anilines is 1. The molecule has 2 aromatic carbocycles. The summed E-state index contributed by atoms with van der Waals surface area (Å²) in [5.74, 6) is 1.78. The highest BCUT2D eigenvalue weighted by molar-refractivity contribution is 5.98. The number of nitrogens with one attached hydrogen (secondary N) is 1. The van der Waals surface area contributed by atoms with Gasteiger partial charge in [-0.1, -0.05) is 18.2 Å². The van der Waals surface area contributed by atoms with Crippen molar-refractivity contribution in [2.75, 3.05) is 40.3 Å². The fraction of sp³-hybridized carbons (Fsp3) is 0.515. The molecule has 0 radical (unpaired) electrons. The first-order valence-electron chi connectivity index (χ1n) is 14.8. The van der Waals surface area contributed by atoms with Gasteiger partial charge in [-0.25, -0.2) is 4.79 Å². The van der Waals surface area contributed by atoms with E-state index in [0.29, 0.717) is 60.9 Å². The van der Waals surface area contributed by atoms with Gasteiger partial charge in [-0.15, -0.1) is 0 Å². The van der Waals surface area contributed by atoms with Crippen LogP contribution in [0.15, 0.2) is 30.3 Å². The molecule has 0 aliphatic carbocycles. The van der Waals surface area contributed by atoms with E-state index in [-0.39, 0.29) is 12.0 Å². The van der Waals surface area contributed by atoms with Crippen molar-refractivity contribution >= 4 is 29.8 Å². The maximum absolute atomic E-state index is 13.5. The van der Waals surface area contributed by atoms with Crippen LogP contribution in [-0.2, 0) is 9.53 Å². The van der Waals surface area contributed by atoms with Crippen LogP contribution in [0.5, 0.6) is 23.0 Å². The number of methoxy groups -OCH3 is 4. The number of hydroxylamine groups is 2. The Morgan fingerprint density at radius 2 is 1.45 bits per heavy atom. The van der Waals surface area contributed by atoms with E-state index in [1.54, 1.807) is 27.4 Å². The Morgan fingerprint density at radius 1 is 0.864 bits per heavy atom. The van der Waals surface area contributed by atoms with Crippen LogP contribution < -0.4 is 24.3 Å². The molecule has 2 aliphatic rings. The van der Waals surface area contributed by atoms with Gasteiger partial charge in [-0.3, -0.25) is 9.69 Å². The SMILES string of the molecule is COc1ccc(/C=C\c2cc(OC)c(OC)c(OC)c2)cc1NC(=O)[C@@H]1CCCN1C(=O)OC1CC(C)(C)N(O)C(C)(C)C1. The molecule has 0 saturated carbocycles. The predicted molar refractivity (Wildman–Crippen MR) is 168 cm³/mol. The van der Waals surface area contributed by atoms with Crippen molar-refractivity contribution in [3.8, 4) is 23.0 Å².